The van der Waals surface area contributed by atoms with E-state index in [0.29, 0.717) is 51.6 Å². The molecule has 0 saturated carbocycles. The second-order valence-electron chi connectivity index (χ2n) is 9.60. The van der Waals surface area contributed by atoms with Gasteiger partial charge in [-0.05, 0) is 56.4 Å². The fourth-order valence-corrected chi connectivity index (χ4v) is 5.65. The monoisotopic (exact) mass is 569 g/mol. The Hall–Kier alpha value is -3.38. The van der Waals surface area contributed by atoms with E-state index in [2.05, 4.69) is 36.9 Å². The molecule has 4 aromatic rings. The van der Waals surface area contributed by atoms with Gasteiger partial charge in [0.15, 0.2) is 0 Å². The second-order valence-corrected chi connectivity index (χ2v) is 11.8. The normalized spacial score (nSPS) is 15.0. The summed E-state index contributed by atoms with van der Waals surface area (Å²) in [7, 11) is -1.51. The molecule has 39 heavy (non-hydrogen) atoms. The summed E-state index contributed by atoms with van der Waals surface area (Å²) < 4.78 is 42.1. The van der Waals surface area contributed by atoms with E-state index in [1.165, 1.54) is 12.1 Å². The molecule has 0 unspecified atom stereocenters. The molecule has 0 amide bonds. The van der Waals surface area contributed by atoms with Crippen molar-refractivity contribution in [3.63, 3.8) is 0 Å². The van der Waals surface area contributed by atoms with Crippen LogP contribution in [0.2, 0.25) is 5.02 Å². The van der Waals surface area contributed by atoms with Gasteiger partial charge in [-0.1, -0.05) is 11.6 Å². The first-order chi connectivity index (χ1) is 18.7. The molecule has 204 valence electrons. The Labute approximate surface area is 232 Å². The largest absolute Gasteiger partial charge is 0.354 e. The molecular formula is C27H29ClFN7O2S. The summed E-state index contributed by atoms with van der Waals surface area (Å²) in [5.41, 5.74) is 4.74. The molecule has 4 heterocycles. The van der Waals surface area contributed by atoms with E-state index >= 15 is 0 Å². The van der Waals surface area contributed by atoms with Gasteiger partial charge in [0.2, 0.25) is 10.0 Å². The number of hydrogen-bond donors (Lipinski definition) is 2. The predicted molar refractivity (Wildman–Crippen MR) is 154 cm³/mol. The molecular weight excluding hydrogens is 541 g/mol. The lowest BCUT2D eigenvalue weighted by atomic mass is 10.1. The fraction of sp³-hybridized carbons (Fsp3) is 0.296. The van der Waals surface area contributed by atoms with Crippen molar-refractivity contribution < 1.29 is 12.8 Å². The number of anilines is 3. The van der Waals surface area contributed by atoms with Crippen molar-refractivity contribution in [3.8, 4) is 11.3 Å². The average molecular weight is 570 g/mol. The minimum Gasteiger partial charge on any atom is -0.354 e. The van der Waals surface area contributed by atoms with Gasteiger partial charge in [-0.3, -0.25) is 19.6 Å². The van der Waals surface area contributed by atoms with Gasteiger partial charge in [-0.2, -0.15) is 0 Å². The van der Waals surface area contributed by atoms with Crippen LogP contribution in [-0.2, 0) is 10.0 Å². The fourth-order valence-electron chi connectivity index (χ4n) is 4.33. The van der Waals surface area contributed by atoms with Crippen LogP contribution in [-0.4, -0.2) is 78.7 Å². The first-order valence-electron chi connectivity index (χ1n) is 12.5. The Kier molecular flexibility index (Phi) is 7.94. The van der Waals surface area contributed by atoms with Crippen molar-refractivity contribution in [2.75, 3.05) is 55.6 Å². The smallest absolute Gasteiger partial charge is 0.234 e. The van der Waals surface area contributed by atoms with E-state index < -0.39 is 15.8 Å². The number of halogens is 2. The third-order valence-corrected chi connectivity index (χ3v) is 8.24. The van der Waals surface area contributed by atoms with E-state index in [4.69, 9.17) is 16.6 Å². The van der Waals surface area contributed by atoms with Gasteiger partial charge in [0.05, 0.1) is 39.1 Å². The molecule has 2 N–H and O–H groups in total. The number of rotatable bonds is 8. The number of pyridine rings is 3. The van der Waals surface area contributed by atoms with Gasteiger partial charge >= 0.3 is 0 Å². The second kappa shape index (κ2) is 11.4. The summed E-state index contributed by atoms with van der Waals surface area (Å²) in [6, 6.07) is 11.5. The van der Waals surface area contributed by atoms with E-state index in [0.717, 1.165) is 26.2 Å². The number of nitrogens with one attached hydrogen (secondary N) is 2. The van der Waals surface area contributed by atoms with Crippen LogP contribution < -0.4 is 10.0 Å². The molecule has 0 aliphatic carbocycles. The van der Waals surface area contributed by atoms with Crippen molar-refractivity contribution in [2.24, 2.45) is 0 Å². The molecule has 0 spiro atoms. The molecule has 0 bridgehead atoms. The summed E-state index contributed by atoms with van der Waals surface area (Å²) in [4.78, 5) is 18.0. The van der Waals surface area contributed by atoms with Crippen molar-refractivity contribution in [3.05, 3.63) is 71.4 Å². The molecule has 1 aliphatic rings. The maximum Gasteiger partial charge on any atom is 0.234 e. The number of hydrogen-bond acceptors (Lipinski definition) is 8. The quantitative estimate of drug-likeness (QED) is 0.319. The van der Waals surface area contributed by atoms with Crippen LogP contribution in [0.25, 0.3) is 22.3 Å². The van der Waals surface area contributed by atoms with Crippen molar-refractivity contribution >= 4 is 49.7 Å². The zero-order valence-corrected chi connectivity index (χ0v) is 23.2. The topological polar surface area (TPSA) is 103 Å². The first kappa shape index (κ1) is 27.2. The minimum absolute atomic E-state index is 0.00269. The van der Waals surface area contributed by atoms with E-state index in [-0.39, 0.29) is 10.8 Å². The van der Waals surface area contributed by atoms with Crippen LogP contribution in [0, 0.1) is 12.7 Å². The summed E-state index contributed by atoms with van der Waals surface area (Å²) in [5.74, 6) is -0.497. The molecule has 1 aromatic carbocycles. The summed E-state index contributed by atoms with van der Waals surface area (Å²) in [5, 5.41) is 3.23. The van der Waals surface area contributed by atoms with Gasteiger partial charge in [0.25, 0.3) is 0 Å². The third-order valence-electron chi connectivity index (χ3n) is 6.70. The van der Waals surface area contributed by atoms with E-state index in [1.54, 1.807) is 37.5 Å². The highest BCUT2D eigenvalue weighted by Crippen LogP contribution is 2.29. The van der Waals surface area contributed by atoms with Crippen molar-refractivity contribution in [1.29, 1.82) is 0 Å². The average Bonchev–Trinajstić information content (AvgIpc) is 2.91. The number of benzene rings is 1. The lowest BCUT2D eigenvalue weighted by molar-refractivity contribution is 0.161. The molecule has 1 fully saturated rings. The van der Waals surface area contributed by atoms with Gasteiger partial charge in [-0.15, -0.1) is 0 Å². The maximum absolute atomic E-state index is 13.6. The number of sulfonamides is 1. The number of aromatic nitrogens is 3. The molecule has 12 heteroatoms. The Balaban J connectivity index is 1.37. The first-order valence-corrected chi connectivity index (χ1v) is 14.6. The van der Waals surface area contributed by atoms with Crippen LogP contribution >= 0.6 is 11.6 Å². The SMILES string of the molecule is Cc1ncc(-c2ccc3nccc(Nc4ccc(F)c(Cl)c4)c3n2)cc1NS(=O)(=O)CCN1CCN(C)CC1. The molecule has 0 radical (unpaired) electrons. The highest BCUT2D eigenvalue weighted by atomic mass is 35.5. The summed E-state index contributed by atoms with van der Waals surface area (Å²) >= 11 is 5.94. The molecule has 9 nitrogen and oxygen atoms in total. The maximum atomic E-state index is 13.6. The highest BCUT2D eigenvalue weighted by Gasteiger charge is 2.19. The molecule has 5 rings (SSSR count). The lowest BCUT2D eigenvalue weighted by Crippen LogP contribution is -2.46. The zero-order valence-electron chi connectivity index (χ0n) is 21.7. The number of piperazine rings is 1. The number of nitrogens with zero attached hydrogens (tertiary/aromatic N) is 5. The Morgan fingerprint density at radius 1 is 1.03 bits per heavy atom. The molecule has 1 saturated heterocycles. The Morgan fingerprint density at radius 2 is 1.82 bits per heavy atom. The van der Waals surface area contributed by atoms with Crippen molar-refractivity contribution in [1.82, 2.24) is 24.8 Å². The summed E-state index contributed by atoms with van der Waals surface area (Å²) in [6.07, 6.45) is 3.31. The number of fused-ring (bicyclic) bond motifs is 1. The van der Waals surface area contributed by atoms with Gasteiger partial charge in [-0.25, -0.2) is 17.8 Å². The molecule has 3 aromatic heterocycles. The zero-order chi connectivity index (χ0) is 27.6. The third kappa shape index (κ3) is 6.62. The van der Waals surface area contributed by atoms with Gasteiger partial charge in [0.1, 0.15) is 11.3 Å². The van der Waals surface area contributed by atoms with E-state index in [9.17, 15) is 12.8 Å². The van der Waals surface area contributed by atoms with E-state index in [1.807, 2.05) is 12.1 Å². The van der Waals surface area contributed by atoms with Gasteiger partial charge in [0, 0.05) is 56.4 Å². The predicted octanol–water partition coefficient (Wildman–Crippen LogP) is 4.53. The lowest BCUT2D eigenvalue weighted by Gasteiger charge is -2.32. The molecule has 1 aliphatic heterocycles. The number of aryl methyl sites for hydroxylation is 1. The van der Waals surface area contributed by atoms with Crippen molar-refractivity contribution in [2.45, 2.75) is 6.92 Å². The Bertz CT molecular complexity index is 1610. The number of likely N-dealkylation sites (N-methyl/N-ethyl adjacent to an activating group) is 1. The van der Waals surface area contributed by atoms with Gasteiger partial charge < -0.3 is 10.2 Å². The molecule has 0 atom stereocenters. The van der Waals surface area contributed by atoms with Crippen LogP contribution in [0.1, 0.15) is 5.69 Å². The Morgan fingerprint density at radius 3 is 2.59 bits per heavy atom. The minimum atomic E-state index is -3.57. The van der Waals surface area contributed by atoms with Crippen LogP contribution in [0.3, 0.4) is 0 Å². The van der Waals surface area contributed by atoms with Crippen LogP contribution in [0.5, 0.6) is 0 Å². The van der Waals surface area contributed by atoms with Crippen LogP contribution in [0.15, 0.2) is 54.9 Å². The summed E-state index contributed by atoms with van der Waals surface area (Å²) in [6.45, 7) is 5.81. The standard InChI is InChI=1S/C27H29ClFN7O2S/c1-18-26(34-39(37,38)14-13-36-11-9-35(2)10-12-36)15-19(17-31-18)23-5-6-24-27(33-23)25(7-8-30-24)32-20-3-4-22(29)21(28)16-20/h3-8,15-17,34H,9-14H2,1-2H3,(H,30,32). The highest BCUT2D eigenvalue weighted by molar-refractivity contribution is 7.92. The van der Waals surface area contributed by atoms with Crippen LogP contribution in [0.4, 0.5) is 21.5 Å².